The van der Waals surface area contributed by atoms with Crippen LogP contribution in [-0.4, -0.2) is 40.4 Å². The van der Waals surface area contributed by atoms with Gasteiger partial charge in [0.25, 0.3) is 17.4 Å². The van der Waals surface area contributed by atoms with E-state index in [1.807, 2.05) is 0 Å². The minimum Gasteiger partial charge on any atom is -0.399 e. The first-order valence-electron chi connectivity index (χ1n) is 13.0. The van der Waals surface area contributed by atoms with E-state index in [0.717, 1.165) is 24.8 Å². The molecule has 2 amide bonds. The maximum Gasteiger partial charge on any atom is 0.260 e. The Kier molecular flexibility index (Phi) is 12.4. The number of nitrogens with zero attached hydrogens (tertiary/aromatic N) is 2. The van der Waals surface area contributed by atoms with E-state index in [1.54, 1.807) is 30.5 Å². The number of aromatic nitrogens is 1. The highest BCUT2D eigenvalue weighted by atomic mass is 32.2. The Balaban J connectivity index is 2.01. The van der Waals surface area contributed by atoms with Crippen molar-refractivity contribution in [3.8, 4) is 0 Å². The molecule has 0 spiro atoms. The van der Waals surface area contributed by atoms with Crippen LogP contribution in [0.25, 0.3) is 0 Å². The second kappa shape index (κ2) is 15.2. The zero-order valence-corrected chi connectivity index (χ0v) is 23.9. The molecule has 2 rings (SSSR count). The van der Waals surface area contributed by atoms with Gasteiger partial charge in [-0.05, 0) is 66.8 Å². The van der Waals surface area contributed by atoms with Crippen LogP contribution in [0.4, 0.5) is 0 Å². The molecule has 0 saturated carbocycles. The molecular formula is C28H42N6O3S. The largest absolute Gasteiger partial charge is 0.399 e. The average molecular weight is 543 g/mol. The fourth-order valence-corrected chi connectivity index (χ4v) is 4.62. The Morgan fingerprint density at radius 1 is 1.03 bits per heavy atom. The predicted octanol–water partition coefficient (Wildman–Crippen LogP) is 3.57. The van der Waals surface area contributed by atoms with E-state index < -0.39 is 0 Å². The quantitative estimate of drug-likeness (QED) is 0.212. The third-order valence-electron chi connectivity index (χ3n) is 5.68. The van der Waals surface area contributed by atoms with E-state index >= 15 is 0 Å². The Hall–Kier alpha value is -3.24. The van der Waals surface area contributed by atoms with Crippen LogP contribution < -0.4 is 27.8 Å². The number of pyridine rings is 1. The molecule has 38 heavy (non-hydrogen) atoms. The third-order valence-corrected chi connectivity index (χ3v) is 6.62. The Morgan fingerprint density at radius 2 is 1.74 bits per heavy atom. The molecule has 0 aliphatic carbocycles. The number of carbonyl (C=O) groups is 2. The maximum atomic E-state index is 12.7. The first-order chi connectivity index (χ1) is 17.9. The Labute approximate surface area is 230 Å². The van der Waals surface area contributed by atoms with Gasteiger partial charge in [0, 0.05) is 47.7 Å². The number of hydrogen-bond donors (Lipinski definition) is 4. The SMILES string of the molecule is CC(C)CCN(N)/C=C(\N)CNC(=O)c1cccc(Sn2cc(C(=O)NCC(C)CC(C)C)ccc2=O)c1. The van der Waals surface area contributed by atoms with Crippen LogP contribution in [0.3, 0.4) is 0 Å². The lowest BCUT2D eigenvalue weighted by Crippen LogP contribution is -2.32. The molecule has 208 valence electrons. The van der Waals surface area contributed by atoms with Crippen LogP contribution >= 0.6 is 11.9 Å². The van der Waals surface area contributed by atoms with Crippen molar-refractivity contribution in [2.24, 2.45) is 29.3 Å². The van der Waals surface area contributed by atoms with Crippen molar-refractivity contribution in [1.29, 1.82) is 0 Å². The van der Waals surface area contributed by atoms with Crippen LogP contribution in [0.5, 0.6) is 0 Å². The molecule has 1 atom stereocenters. The molecule has 0 fully saturated rings. The number of nitrogens with one attached hydrogen (secondary N) is 2. The molecule has 0 aliphatic heterocycles. The zero-order chi connectivity index (χ0) is 28.2. The number of hydrazine groups is 1. The van der Waals surface area contributed by atoms with Crippen molar-refractivity contribution in [2.75, 3.05) is 19.6 Å². The number of nitrogens with two attached hydrogens (primary N) is 2. The van der Waals surface area contributed by atoms with Crippen LogP contribution in [0.1, 0.15) is 68.2 Å². The number of rotatable bonds is 14. The molecule has 0 radical (unpaired) electrons. The van der Waals surface area contributed by atoms with Gasteiger partial charge >= 0.3 is 0 Å². The molecule has 0 saturated heterocycles. The minimum absolute atomic E-state index is 0.151. The topological polar surface area (TPSA) is 135 Å². The number of amides is 2. The molecule has 9 nitrogen and oxygen atoms in total. The monoisotopic (exact) mass is 542 g/mol. The van der Waals surface area contributed by atoms with Gasteiger partial charge in [0.2, 0.25) is 0 Å². The fourth-order valence-electron chi connectivity index (χ4n) is 3.75. The zero-order valence-electron chi connectivity index (χ0n) is 23.1. The van der Waals surface area contributed by atoms with Crippen molar-refractivity contribution in [2.45, 2.75) is 52.4 Å². The fraction of sp³-hybridized carbons (Fsp3) is 0.464. The molecular weight excluding hydrogens is 500 g/mol. The smallest absolute Gasteiger partial charge is 0.260 e. The normalized spacial score (nSPS) is 12.5. The van der Waals surface area contributed by atoms with Gasteiger partial charge in [-0.2, -0.15) is 0 Å². The minimum atomic E-state index is -0.300. The van der Waals surface area contributed by atoms with Gasteiger partial charge < -0.3 is 21.4 Å². The summed E-state index contributed by atoms with van der Waals surface area (Å²) in [7, 11) is 0. The van der Waals surface area contributed by atoms with Crippen LogP contribution in [0.2, 0.25) is 0 Å². The van der Waals surface area contributed by atoms with Crippen molar-refractivity contribution >= 4 is 23.8 Å². The molecule has 1 unspecified atom stereocenters. The van der Waals surface area contributed by atoms with Gasteiger partial charge in [-0.3, -0.25) is 18.4 Å². The van der Waals surface area contributed by atoms with Crippen LogP contribution in [0.15, 0.2) is 64.2 Å². The summed E-state index contributed by atoms with van der Waals surface area (Å²) in [5.74, 6) is 6.85. The highest BCUT2D eigenvalue weighted by Gasteiger charge is 2.12. The van der Waals surface area contributed by atoms with E-state index in [1.165, 1.54) is 27.3 Å². The summed E-state index contributed by atoms with van der Waals surface area (Å²) >= 11 is 1.14. The van der Waals surface area contributed by atoms with Crippen molar-refractivity contribution < 1.29 is 9.59 Å². The summed E-state index contributed by atoms with van der Waals surface area (Å²) in [6.07, 6.45) is 5.10. The summed E-state index contributed by atoms with van der Waals surface area (Å²) in [5, 5.41) is 7.25. The summed E-state index contributed by atoms with van der Waals surface area (Å²) in [6, 6.07) is 9.79. The van der Waals surface area contributed by atoms with Crippen molar-refractivity contribution in [3.05, 3.63) is 76.0 Å². The molecule has 0 bridgehead atoms. The van der Waals surface area contributed by atoms with Gasteiger partial charge in [0.15, 0.2) is 0 Å². The summed E-state index contributed by atoms with van der Waals surface area (Å²) < 4.78 is 1.39. The second-order valence-corrected chi connectivity index (χ2v) is 11.5. The standard InChI is InChI=1S/C28H42N6O3S/c1-19(2)11-12-33(30)18-24(29)16-32-27(36)22-7-6-8-25(14-22)38-34-17-23(9-10-26(34)35)28(37)31-15-21(5)13-20(3)4/h6-10,14,17-21H,11-13,15-16,29-30H2,1-5H3,(H,31,37)(H,32,36)/b24-18-. The van der Waals surface area contributed by atoms with Gasteiger partial charge in [-0.1, -0.05) is 40.7 Å². The molecule has 1 aromatic heterocycles. The lowest BCUT2D eigenvalue weighted by Gasteiger charge is -2.16. The first-order valence-corrected chi connectivity index (χ1v) is 13.8. The lowest BCUT2D eigenvalue weighted by molar-refractivity contribution is 0.0941. The Bertz CT molecular complexity index is 1160. The summed E-state index contributed by atoms with van der Waals surface area (Å²) in [5.41, 5.74) is 7.00. The molecule has 6 N–H and O–H groups in total. The van der Waals surface area contributed by atoms with E-state index in [9.17, 15) is 14.4 Å². The predicted molar refractivity (Wildman–Crippen MR) is 154 cm³/mol. The van der Waals surface area contributed by atoms with Crippen molar-refractivity contribution in [3.63, 3.8) is 0 Å². The highest BCUT2D eigenvalue weighted by Crippen LogP contribution is 2.20. The summed E-state index contributed by atoms with van der Waals surface area (Å²) in [6.45, 7) is 12.0. The van der Waals surface area contributed by atoms with Gasteiger partial charge in [0.1, 0.15) is 0 Å². The van der Waals surface area contributed by atoms with Crippen LogP contribution in [0, 0.1) is 17.8 Å². The molecule has 2 aromatic rings. The average Bonchev–Trinajstić information content (AvgIpc) is 2.85. The second-order valence-electron chi connectivity index (χ2n) is 10.5. The maximum absolute atomic E-state index is 12.7. The van der Waals surface area contributed by atoms with Gasteiger partial charge in [0.05, 0.1) is 12.1 Å². The van der Waals surface area contributed by atoms with Gasteiger partial charge in [-0.15, -0.1) is 0 Å². The van der Waals surface area contributed by atoms with Crippen molar-refractivity contribution in [1.82, 2.24) is 19.6 Å². The van der Waals surface area contributed by atoms with E-state index in [2.05, 4.69) is 45.3 Å². The first kappa shape index (κ1) is 31.0. The summed E-state index contributed by atoms with van der Waals surface area (Å²) in [4.78, 5) is 38.5. The molecule has 1 heterocycles. The molecule has 0 aliphatic rings. The van der Waals surface area contributed by atoms with E-state index in [4.69, 9.17) is 11.6 Å². The molecule has 1 aromatic carbocycles. The third kappa shape index (κ3) is 11.0. The molecule has 10 heteroatoms. The lowest BCUT2D eigenvalue weighted by atomic mass is 9.99. The van der Waals surface area contributed by atoms with Gasteiger partial charge in [-0.25, -0.2) is 5.84 Å². The number of hydrogen-bond acceptors (Lipinski definition) is 7. The van der Waals surface area contributed by atoms with E-state index in [0.29, 0.717) is 52.6 Å². The number of benzene rings is 1. The van der Waals surface area contributed by atoms with E-state index in [-0.39, 0.29) is 23.9 Å². The van der Waals surface area contributed by atoms with Crippen LogP contribution in [-0.2, 0) is 0 Å². The Morgan fingerprint density at radius 3 is 2.42 bits per heavy atom. The number of carbonyl (C=O) groups excluding carboxylic acids is 2. The highest BCUT2D eigenvalue weighted by molar-refractivity contribution is 7.97.